The second-order valence-corrected chi connectivity index (χ2v) is 6.01. The first-order chi connectivity index (χ1) is 10.5. The lowest BCUT2D eigenvalue weighted by molar-refractivity contribution is -0.133. The molecular weight excluding hydrogens is 282 g/mol. The van der Waals surface area contributed by atoms with Gasteiger partial charge >= 0.3 is 5.97 Å². The van der Waals surface area contributed by atoms with E-state index < -0.39 is 5.97 Å². The molecule has 0 aromatic carbocycles. The van der Waals surface area contributed by atoms with E-state index in [1.807, 2.05) is 4.90 Å². The number of piperidine rings is 1. The van der Waals surface area contributed by atoms with Crippen molar-refractivity contribution in [3.8, 4) is 0 Å². The predicted molar refractivity (Wildman–Crippen MR) is 82.7 cm³/mol. The van der Waals surface area contributed by atoms with Crippen molar-refractivity contribution in [2.75, 3.05) is 13.1 Å². The van der Waals surface area contributed by atoms with Gasteiger partial charge in [0.1, 0.15) is 0 Å². The van der Waals surface area contributed by atoms with Crippen LogP contribution in [0, 0.1) is 5.92 Å². The molecule has 0 saturated carbocycles. The lowest BCUT2D eigenvalue weighted by Crippen LogP contribution is -2.39. The molecule has 1 aliphatic heterocycles. The van der Waals surface area contributed by atoms with Gasteiger partial charge in [0, 0.05) is 25.7 Å². The SMILES string of the molecule is CCC(CC)CC(=O)N1CCC(n2cc(C(=O)O)cn2)CC1. The fourth-order valence-corrected chi connectivity index (χ4v) is 2.98. The number of carbonyl (C=O) groups excluding carboxylic acids is 1. The second-order valence-electron chi connectivity index (χ2n) is 6.01. The monoisotopic (exact) mass is 307 g/mol. The van der Waals surface area contributed by atoms with Crippen molar-refractivity contribution in [2.24, 2.45) is 5.92 Å². The van der Waals surface area contributed by atoms with Crippen LogP contribution in [-0.2, 0) is 4.79 Å². The lowest BCUT2D eigenvalue weighted by atomic mass is 9.97. The summed E-state index contributed by atoms with van der Waals surface area (Å²) in [6.45, 7) is 5.72. The van der Waals surface area contributed by atoms with E-state index in [0.717, 1.165) is 38.8 Å². The number of rotatable bonds is 6. The van der Waals surface area contributed by atoms with Gasteiger partial charge in [-0.3, -0.25) is 9.48 Å². The Morgan fingerprint density at radius 1 is 1.32 bits per heavy atom. The molecule has 1 N–H and O–H groups in total. The van der Waals surface area contributed by atoms with Crippen LogP contribution in [0.2, 0.25) is 0 Å². The third-order valence-corrected chi connectivity index (χ3v) is 4.66. The number of likely N-dealkylation sites (tertiary alicyclic amines) is 1. The molecule has 22 heavy (non-hydrogen) atoms. The van der Waals surface area contributed by atoms with E-state index in [4.69, 9.17) is 5.11 Å². The van der Waals surface area contributed by atoms with Crippen molar-refractivity contribution in [3.63, 3.8) is 0 Å². The molecule has 0 aliphatic carbocycles. The Kier molecular flexibility index (Phi) is 5.57. The first-order valence-electron chi connectivity index (χ1n) is 8.10. The maximum Gasteiger partial charge on any atom is 0.338 e. The number of amides is 1. The topological polar surface area (TPSA) is 75.4 Å². The van der Waals surface area contributed by atoms with Crippen molar-refractivity contribution in [3.05, 3.63) is 18.0 Å². The summed E-state index contributed by atoms with van der Waals surface area (Å²) < 4.78 is 1.73. The molecule has 0 radical (unpaired) electrons. The molecule has 6 heteroatoms. The molecule has 1 aromatic heterocycles. The zero-order valence-corrected chi connectivity index (χ0v) is 13.4. The van der Waals surface area contributed by atoms with Crippen LogP contribution >= 0.6 is 0 Å². The van der Waals surface area contributed by atoms with E-state index in [2.05, 4.69) is 18.9 Å². The number of carboxylic acid groups (broad SMARTS) is 1. The number of nitrogens with zero attached hydrogens (tertiary/aromatic N) is 3. The Bertz CT molecular complexity index is 514. The minimum absolute atomic E-state index is 0.185. The quantitative estimate of drug-likeness (QED) is 0.876. The molecule has 0 bridgehead atoms. The number of carboxylic acids is 1. The smallest absolute Gasteiger partial charge is 0.338 e. The van der Waals surface area contributed by atoms with Gasteiger partial charge in [0.05, 0.1) is 17.8 Å². The van der Waals surface area contributed by atoms with Crippen LogP contribution in [0.15, 0.2) is 12.4 Å². The second kappa shape index (κ2) is 7.42. The molecule has 2 heterocycles. The van der Waals surface area contributed by atoms with Crippen molar-refractivity contribution in [1.29, 1.82) is 0 Å². The molecular formula is C16H25N3O3. The molecule has 2 rings (SSSR count). The van der Waals surface area contributed by atoms with E-state index in [-0.39, 0.29) is 17.5 Å². The van der Waals surface area contributed by atoms with Crippen LogP contribution in [0.1, 0.15) is 62.4 Å². The van der Waals surface area contributed by atoms with Crippen LogP contribution in [0.4, 0.5) is 0 Å². The molecule has 1 fully saturated rings. The predicted octanol–water partition coefficient (Wildman–Crippen LogP) is 2.57. The summed E-state index contributed by atoms with van der Waals surface area (Å²) >= 11 is 0. The average Bonchev–Trinajstić information content (AvgIpc) is 3.02. The van der Waals surface area contributed by atoms with E-state index in [0.29, 0.717) is 12.3 Å². The molecule has 1 amide bonds. The average molecular weight is 307 g/mol. The summed E-state index contributed by atoms with van der Waals surface area (Å²) in [4.78, 5) is 25.1. The van der Waals surface area contributed by atoms with E-state index in [9.17, 15) is 9.59 Å². The number of aromatic nitrogens is 2. The highest BCUT2D eigenvalue weighted by Crippen LogP contribution is 2.24. The molecule has 0 atom stereocenters. The molecule has 0 spiro atoms. The highest BCUT2D eigenvalue weighted by Gasteiger charge is 2.25. The Morgan fingerprint density at radius 2 is 1.95 bits per heavy atom. The van der Waals surface area contributed by atoms with Gasteiger partial charge in [-0.2, -0.15) is 5.10 Å². The van der Waals surface area contributed by atoms with Gasteiger partial charge in [0.15, 0.2) is 0 Å². The minimum atomic E-state index is -0.955. The molecule has 1 aromatic rings. The summed E-state index contributed by atoms with van der Waals surface area (Å²) in [6, 6.07) is 0.185. The van der Waals surface area contributed by atoms with Crippen LogP contribution in [0.5, 0.6) is 0 Å². The molecule has 1 aliphatic rings. The summed E-state index contributed by atoms with van der Waals surface area (Å²) in [5.74, 6) is -0.225. The van der Waals surface area contributed by atoms with E-state index in [1.165, 1.54) is 6.20 Å². The zero-order chi connectivity index (χ0) is 16.1. The maximum absolute atomic E-state index is 12.3. The van der Waals surface area contributed by atoms with E-state index in [1.54, 1.807) is 10.9 Å². The summed E-state index contributed by atoms with van der Waals surface area (Å²) in [6.07, 6.45) is 7.35. The van der Waals surface area contributed by atoms with Gasteiger partial charge < -0.3 is 10.0 Å². The minimum Gasteiger partial charge on any atom is -0.478 e. The molecule has 1 saturated heterocycles. The Labute approximate surface area is 131 Å². The van der Waals surface area contributed by atoms with Gasteiger partial charge in [-0.15, -0.1) is 0 Å². The van der Waals surface area contributed by atoms with Crippen LogP contribution in [0.3, 0.4) is 0 Å². The van der Waals surface area contributed by atoms with Gasteiger partial charge in [-0.1, -0.05) is 26.7 Å². The van der Waals surface area contributed by atoms with Crippen molar-refractivity contribution >= 4 is 11.9 Å². The summed E-state index contributed by atoms with van der Waals surface area (Å²) in [5.41, 5.74) is 0.215. The highest BCUT2D eigenvalue weighted by atomic mass is 16.4. The van der Waals surface area contributed by atoms with Crippen LogP contribution in [-0.4, -0.2) is 44.8 Å². The number of carbonyl (C=O) groups is 2. The standard InChI is InChI=1S/C16H25N3O3/c1-3-12(4-2)9-15(20)18-7-5-14(6-8-18)19-11-13(10-17-19)16(21)22/h10-12,14H,3-9H2,1-2H3,(H,21,22). The third-order valence-electron chi connectivity index (χ3n) is 4.66. The third kappa shape index (κ3) is 3.87. The van der Waals surface area contributed by atoms with Crippen molar-refractivity contribution < 1.29 is 14.7 Å². The van der Waals surface area contributed by atoms with Gasteiger partial charge in [-0.25, -0.2) is 4.79 Å². The maximum atomic E-state index is 12.3. The van der Waals surface area contributed by atoms with Gasteiger partial charge in [-0.05, 0) is 18.8 Å². The van der Waals surface area contributed by atoms with Gasteiger partial charge in [0.25, 0.3) is 0 Å². The number of hydrogen-bond acceptors (Lipinski definition) is 3. The summed E-state index contributed by atoms with van der Waals surface area (Å²) in [5, 5.41) is 13.1. The molecule has 6 nitrogen and oxygen atoms in total. The normalized spacial score (nSPS) is 16.2. The van der Waals surface area contributed by atoms with Crippen LogP contribution < -0.4 is 0 Å². The lowest BCUT2D eigenvalue weighted by Gasteiger charge is -2.33. The zero-order valence-electron chi connectivity index (χ0n) is 13.4. The first kappa shape index (κ1) is 16.5. The van der Waals surface area contributed by atoms with Crippen LogP contribution in [0.25, 0.3) is 0 Å². The Balaban J connectivity index is 1.87. The summed E-state index contributed by atoms with van der Waals surface area (Å²) in [7, 11) is 0. The fraction of sp³-hybridized carbons (Fsp3) is 0.688. The Hall–Kier alpha value is -1.85. The van der Waals surface area contributed by atoms with Gasteiger partial charge in [0.2, 0.25) is 5.91 Å². The van der Waals surface area contributed by atoms with E-state index >= 15 is 0 Å². The van der Waals surface area contributed by atoms with Crippen molar-refractivity contribution in [2.45, 2.75) is 52.0 Å². The number of hydrogen-bond donors (Lipinski definition) is 1. The largest absolute Gasteiger partial charge is 0.478 e. The number of aromatic carboxylic acids is 1. The molecule has 0 unspecified atom stereocenters. The Morgan fingerprint density at radius 3 is 2.45 bits per heavy atom. The molecule has 122 valence electrons. The van der Waals surface area contributed by atoms with Crippen molar-refractivity contribution in [1.82, 2.24) is 14.7 Å². The highest BCUT2D eigenvalue weighted by molar-refractivity contribution is 5.86. The fourth-order valence-electron chi connectivity index (χ4n) is 2.98. The first-order valence-corrected chi connectivity index (χ1v) is 8.10.